The smallest absolute Gasteiger partial charge is 0.321 e. The van der Waals surface area contributed by atoms with Gasteiger partial charge in [0.15, 0.2) is 9.84 Å². The number of fused-ring (bicyclic) bond motifs is 5. The molecule has 9 atom stereocenters. The molecular weight excluding hydrogens is 480 g/mol. The standard InChI is InChI=1S/C32H54O4S/c1-8-23(21(2)3)10-9-22(4)27-13-14-28-26-12-11-24-19-25(36-30(33)20-37(7,34)35)15-17-31(24,5)29(26)16-18-32(27,28)6/h11,21-23,25-29H,8-10,12-20H2,1-7H3/t22-,23-,25+,26+,27-,28+,29+,31+,32-/m1/s1. The minimum atomic E-state index is -3.35. The van der Waals surface area contributed by atoms with Crippen molar-refractivity contribution in [2.75, 3.05) is 12.0 Å². The largest absolute Gasteiger partial charge is 0.461 e. The lowest BCUT2D eigenvalue weighted by atomic mass is 9.47. The number of sulfone groups is 1. The summed E-state index contributed by atoms with van der Waals surface area (Å²) < 4.78 is 28.6. The van der Waals surface area contributed by atoms with Gasteiger partial charge in [0, 0.05) is 12.7 Å². The van der Waals surface area contributed by atoms with Gasteiger partial charge in [-0.25, -0.2) is 8.42 Å². The van der Waals surface area contributed by atoms with Crippen molar-refractivity contribution in [3.63, 3.8) is 0 Å². The topological polar surface area (TPSA) is 60.4 Å². The van der Waals surface area contributed by atoms with Crippen LogP contribution in [0, 0.1) is 52.3 Å². The molecule has 0 radical (unpaired) electrons. The first-order valence-electron chi connectivity index (χ1n) is 15.3. The van der Waals surface area contributed by atoms with Gasteiger partial charge in [-0.05, 0) is 104 Å². The van der Waals surface area contributed by atoms with Crippen molar-refractivity contribution in [2.45, 2.75) is 118 Å². The third kappa shape index (κ3) is 5.87. The van der Waals surface area contributed by atoms with Crippen molar-refractivity contribution in [1.29, 1.82) is 0 Å². The lowest BCUT2D eigenvalue weighted by Crippen LogP contribution is -2.51. The van der Waals surface area contributed by atoms with E-state index in [1.807, 2.05) is 0 Å². The molecule has 0 aromatic carbocycles. The maximum absolute atomic E-state index is 12.2. The SMILES string of the molecule is CC[C@H](CC[C@@H](C)[C@H]1CC[C@H]2[C@@H]3CC=C4C[C@@H](OC(=O)CS(C)(=O)=O)CC[C@]4(C)[C@H]3CC[C@]12C)C(C)C. The predicted octanol–water partition coefficient (Wildman–Crippen LogP) is 7.62. The summed E-state index contributed by atoms with van der Waals surface area (Å²) in [7, 11) is -3.35. The second-order valence-corrected chi connectivity index (χ2v) is 16.5. The van der Waals surface area contributed by atoms with Gasteiger partial charge in [0.05, 0.1) is 0 Å². The summed E-state index contributed by atoms with van der Waals surface area (Å²) in [6.45, 7) is 14.9. The van der Waals surface area contributed by atoms with Crippen molar-refractivity contribution in [1.82, 2.24) is 0 Å². The summed E-state index contributed by atoms with van der Waals surface area (Å²) in [5, 5.41) is 0. The Kier molecular flexibility index (Phi) is 8.64. The van der Waals surface area contributed by atoms with Crippen LogP contribution in [-0.2, 0) is 19.4 Å². The van der Waals surface area contributed by atoms with E-state index in [1.165, 1.54) is 56.9 Å². The quantitative estimate of drug-likeness (QED) is 0.225. The van der Waals surface area contributed by atoms with E-state index in [1.54, 1.807) is 0 Å². The highest BCUT2D eigenvalue weighted by Gasteiger charge is 2.59. The monoisotopic (exact) mass is 534 g/mol. The fourth-order valence-corrected chi connectivity index (χ4v) is 10.3. The molecule has 0 spiro atoms. The Bertz CT molecular complexity index is 967. The van der Waals surface area contributed by atoms with Gasteiger partial charge in [0.25, 0.3) is 0 Å². The molecular formula is C32H54O4S. The van der Waals surface area contributed by atoms with E-state index in [9.17, 15) is 13.2 Å². The molecule has 37 heavy (non-hydrogen) atoms. The van der Waals surface area contributed by atoms with E-state index < -0.39 is 21.6 Å². The summed E-state index contributed by atoms with van der Waals surface area (Å²) in [6, 6.07) is 0. The fourth-order valence-electron chi connectivity index (χ4n) is 9.82. The zero-order chi connectivity index (χ0) is 27.2. The highest BCUT2D eigenvalue weighted by molar-refractivity contribution is 7.91. The molecule has 3 saturated carbocycles. The predicted molar refractivity (Wildman–Crippen MR) is 152 cm³/mol. The molecule has 0 aliphatic heterocycles. The van der Waals surface area contributed by atoms with Crippen LogP contribution >= 0.6 is 0 Å². The molecule has 0 saturated heterocycles. The number of hydrogen-bond acceptors (Lipinski definition) is 4. The number of carbonyl (C=O) groups excluding carboxylic acids is 1. The molecule has 4 aliphatic carbocycles. The van der Waals surface area contributed by atoms with Crippen LogP contribution in [-0.4, -0.2) is 32.5 Å². The van der Waals surface area contributed by atoms with Crippen LogP contribution in [0.5, 0.6) is 0 Å². The normalized spacial score (nSPS) is 39.2. The molecule has 0 aromatic heterocycles. The maximum Gasteiger partial charge on any atom is 0.321 e. The van der Waals surface area contributed by atoms with E-state index in [-0.39, 0.29) is 11.5 Å². The molecule has 0 bridgehead atoms. The minimum absolute atomic E-state index is 0.173. The van der Waals surface area contributed by atoms with Gasteiger partial charge in [-0.1, -0.05) is 66.0 Å². The van der Waals surface area contributed by atoms with Crippen molar-refractivity contribution in [2.24, 2.45) is 52.3 Å². The number of hydrogen-bond donors (Lipinski definition) is 0. The number of esters is 1. The van der Waals surface area contributed by atoms with Crippen LogP contribution in [0.4, 0.5) is 0 Å². The van der Waals surface area contributed by atoms with E-state index in [2.05, 4.69) is 47.6 Å². The highest BCUT2D eigenvalue weighted by Crippen LogP contribution is 2.67. The second-order valence-electron chi connectivity index (χ2n) is 14.4. The van der Waals surface area contributed by atoms with E-state index in [0.29, 0.717) is 5.41 Å². The second kappa shape index (κ2) is 11.0. The van der Waals surface area contributed by atoms with Crippen LogP contribution in [0.1, 0.15) is 112 Å². The third-order valence-electron chi connectivity index (χ3n) is 12.0. The van der Waals surface area contributed by atoms with Gasteiger partial charge in [-0.2, -0.15) is 0 Å². The van der Waals surface area contributed by atoms with Gasteiger partial charge in [0.2, 0.25) is 0 Å². The van der Waals surface area contributed by atoms with Crippen molar-refractivity contribution >= 4 is 15.8 Å². The van der Waals surface area contributed by atoms with Gasteiger partial charge in [0.1, 0.15) is 11.9 Å². The summed E-state index contributed by atoms with van der Waals surface area (Å²) in [5.74, 6) is 4.60. The lowest BCUT2D eigenvalue weighted by molar-refractivity contribution is -0.148. The molecule has 5 heteroatoms. The number of allylic oxidation sites excluding steroid dienone is 1. The third-order valence-corrected chi connectivity index (χ3v) is 12.7. The molecule has 0 heterocycles. The van der Waals surface area contributed by atoms with Crippen LogP contribution < -0.4 is 0 Å². The van der Waals surface area contributed by atoms with E-state index in [4.69, 9.17) is 4.74 Å². The van der Waals surface area contributed by atoms with Gasteiger partial charge >= 0.3 is 5.97 Å². The Morgan fingerprint density at radius 3 is 2.43 bits per heavy atom. The molecule has 4 rings (SSSR count). The molecule has 0 N–H and O–H groups in total. The molecule has 0 aromatic rings. The molecule has 4 aliphatic rings. The summed E-state index contributed by atoms with van der Waals surface area (Å²) in [5.41, 5.74) is 2.17. The van der Waals surface area contributed by atoms with Gasteiger partial charge < -0.3 is 4.74 Å². The van der Waals surface area contributed by atoms with Gasteiger partial charge in [-0.15, -0.1) is 0 Å². The van der Waals surface area contributed by atoms with Crippen molar-refractivity contribution in [3.8, 4) is 0 Å². The molecule has 212 valence electrons. The average molecular weight is 535 g/mol. The Balaban J connectivity index is 1.42. The first kappa shape index (κ1) is 29.2. The summed E-state index contributed by atoms with van der Waals surface area (Å²) in [6.07, 6.45) is 16.9. The molecule has 4 nitrogen and oxygen atoms in total. The first-order chi connectivity index (χ1) is 17.3. The number of ether oxygens (including phenoxy) is 1. The van der Waals surface area contributed by atoms with Crippen LogP contribution in [0.2, 0.25) is 0 Å². The zero-order valence-corrected chi connectivity index (χ0v) is 25.5. The lowest BCUT2D eigenvalue weighted by Gasteiger charge is -2.58. The number of carbonyl (C=O) groups is 1. The highest BCUT2D eigenvalue weighted by atomic mass is 32.2. The Labute approximate surface area is 227 Å². The Hall–Kier alpha value is -0.840. The van der Waals surface area contributed by atoms with Gasteiger partial charge in [-0.3, -0.25) is 4.79 Å². The fraction of sp³-hybridized carbons (Fsp3) is 0.906. The summed E-state index contributed by atoms with van der Waals surface area (Å²) in [4.78, 5) is 12.2. The van der Waals surface area contributed by atoms with Crippen LogP contribution in [0.25, 0.3) is 0 Å². The Morgan fingerprint density at radius 2 is 1.78 bits per heavy atom. The first-order valence-corrected chi connectivity index (χ1v) is 17.4. The molecule has 0 amide bonds. The average Bonchev–Trinajstić information content (AvgIpc) is 3.15. The van der Waals surface area contributed by atoms with Crippen molar-refractivity contribution in [3.05, 3.63) is 11.6 Å². The van der Waals surface area contributed by atoms with E-state index in [0.717, 1.165) is 66.9 Å². The minimum Gasteiger partial charge on any atom is -0.461 e. The Morgan fingerprint density at radius 1 is 1.05 bits per heavy atom. The summed E-state index contributed by atoms with van der Waals surface area (Å²) >= 11 is 0. The zero-order valence-electron chi connectivity index (χ0n) is 24.7. The van der Waals surface area contributed by atoms with Crippen molar-refractivity contribution < 1.29 is 17.9 Å². The molecule has 0 unspecified atom stereocenters. The maximum atomic E-state index is 12.2. The number of rotatable bonds is 9. The van der Waals surface area contributed by atoms with Crippen LogP contribution in [0.15, 0.2) is 11.6 Å². The van der Waals surface area contributed by atoms with Crippen LogP contribution in [0.3, 0.4) is 0 Å². The van der Waals surface area contributed by atoms with E-state index >= 15 is 0 Å². The molecule has 3 fully saturated rings.